The van der Waals surface area contributed by atoms with Gasteiger partial charge in [0, 0.05) is 29.2 Å². The van der Waals surface area contributed by atoms with Crippen LogP contribution in [0.1, 0.15) is 37.9 Å². The Morgan fingerprint density at radius 3 is 2.56 bits per heavy atom. The van der Waals surface area contributed by atoms with Gasteiger partial charge in [-0.25, -0.2) is 0 Å². The topological polar surface area (TPSA) is 17.0 Å². The average Bonchev–Trinajstić information content (AvgIpc) is 2.69. The molecule has 2 nitrogen and oxygen atoms in total. The lowest BCUT2D eigenvalue weighted by atomic mass is 10.0. The fourth-order valence-electron chi connectivity index (χ4n) is 2.60. The zero-order valence-electron chi connectivity index (χ0n) is 12.1. The fraction of sp³-hybridized carbons (Fsp3) is 0.500. The van der Waals surface area contributed by atoms with Crippen molar-refractivity contribution in [2.45, 2.75) is 46.2 Å². The quantitative estimate of drug-likeness (QED) is 0.868. The van der Waals surface area contributed by atoms with Crippen molar-refractivity contribution in [3.05, 3.63) is 35.5 Å². The second kappa shape index (κ2) is 5.15. The van der Waals surface area contributed by atoms with Crippen molar-refractivity contribution in [1.29, 1.82) is 0 Å². The van der Waals surface area contributed by atoms with Crippen molar-refractivity contribution in [3.8, 4) is 0 Å². The standard InChI is InChI=1S/C16H24N2/c1-11(2)18-10-14(9-13(4)17-5)16-12(3)7-6-8-15(16)18/h6-8,10-11,13,17H,9H2,1-5H3. The summed E-state index contributed by atoms with van der Waals surface area (Å²) in [7, 11) is 2.03. The van der Waals surface area contributed by atoms with E-state index in [1.54, 1.807) is 0 Å². The van der Waals surface area contributed by atoms with E-state index in [2.05, 4.69) is 62.0 Å². The molecule has 2 heteroatoms. The normalized spacial score (nSPS) is 13.4. The molecule has 1 N–H and O–H groups in total. The molecule has 0 saturated heterocycles. The molecule has 0 amide bonds. The van der Waals surface area contributed by atoms with Crippen LogP contribution in [0.4, 0.5) is 0 Å². The summed E-state index contributed by atoms with van der Waals surface area (Å²) in [5.74, 6) is 0. The largest absolute Gasteiger partial charge is 0.345 e. The van der Waals surface area contributed by atoms with Crippen molar-refractivity contribution < 1.29 is 0 Å². The number of aryl methyl sites for hydroxylation is 1. The molecule has 0 radical (unpaired) electrons. The maximum absolute atomic E-state index is 3.33. The molecule has 0 aliphatic carbocycles. The molecule has 2 rings (SSSR count). The lowest BCUT2D eigenvalue weighted by molar-refractivity contribution is 0.598. The summed E-state index contributed by atoms with van der Waals surface area (Å²) < 4.78 is 2.39. The Morgan fingerprint density at radius 1 is 1.22 bits per heavy atom. The van der Waals surface area contributed by atoms with Crippen LogP contribution in [0.25, 0.3) is 10.9 Å². The predicted octanol–water partition coefficient (Wildman–Crippen LogP) is 3.68. The van der Waals surface area contributed by atoms with Gasteiger partial charge < -0.3 is 9.88 Å². The molecule has 1 unspecified atom stereocenters. The minimum atomic E-state index is 0.507. The van der Waals surface area contributed by atoms with Crippen LogP contribution >= 0.6 is 0 Å². The van der Waals surface area contributed by atoms with Crippen LogP contribution in [0.3, 0.4) is 0 Å². The first-order chi connectivity index (χ1) is 8.54. The van der Waals surface area contributed by atoms with E-state index < -0.39 is 0 Å². The molecule has 0 fully saturated rings. The summed E-state index contributed by atoms with van der Waals surface area (Å²) in [5, 5.41) is 4.77. The molecular formula is C16H24N2. The zero-order chi connectivity index (χ0) is 13.3. The highest BCUT2D eigenvalue weighted by Crippen LogP contribution is 2.28. The fourth-order valence-corrected chi connectivity index (χ4v) is 2.60. The molecule has 1 atom stereocenters. The van der Waals surface area contributed by atoms with Gasteiger partial charge in [-0.15, -0.1) is 0 Å². The highest BCUT2D eigenvalue weighted by atomic mass is 15.0. The van der Waals surface area contributed by atoms with Crippen LogP contribution in [0.2, 0.25) is 0 Å². The molecule has 18 heavy (non-hydrogen) atoms. The molecule has 2 aromatic rings. The highest BCUT2D eigenvalue weighted by Gasteiger charge is 2.13. The number of nitrogens with zero attached hydrogens (tertiary/aromatic N) is 1. The number of fused-ring (bicyclic) bond motifs is 1. The minimum absolute atomic E-state index is 0.507. The predicted molar refractivity (Wildman–Crippen MR) is 79.3 cm³/mol. The second-order valence-corrected chi connectivity index (χ2v) is 5.52. The van der Waals surface area contributed by atoms with Gasteiger partial charge >= 0.3 is 0 Å². The van der Waals surface area contributed by atoms with Crippen LogP contribution in [-0.2, 0) is 6.42 Å². The maximum atomic E-state index is 3.33. The Morgan fingerprint density at radius 2 is 1.94 bits per heavy atom. The molecule has 1 aromatic heterocycles. The molecule has 0 aliphatic rings. The van der Waals surface area contributed by atoms with E-state index in [-0.39, 0.29) is 0 Å². The minimum Gasteiger partial charge on any atom is -0.345 e. The number of likely N-dealkylation sites (N-methyl/N-ethyl adjacent to an activating group) is 1. The first-order valence-corrected chi connectivity index (χ1v) is 6.81. The smallest absolute Gasteiger partial charge is 0.0488 e. The summed E-state index contributed by atoms with van der Waals surface area (Å²) in [6.45, 7) is 8.93. The summed E-state index contributed by atoms with van der Waals surface area (Å²) in [6.07, 6.45) is 3.41. The number of benzene rings is 1. The lowest BCUT2D eigenvalue weighted by Crippen LogP contribution is -2.23. The number of rotatable bonds is 4. The van der Waals surface area contributed by atoms with Gasteiger partial charge in [0.1, 0.15) is 0 Å². The number of hydrogen-bond acceptors (Lipinski definition) is 1. The molecule has 0 spiro atoms. The van der Waals surface area contributed by atoms with E-state index in [4.69, 9.17) is 0 Å². The summed E-state index contributed by atoms with van der Waals surface area (Å²) in [5.41, 5.74) is 4.20. The van der Waals surface area contributed by atoms with Gasteiger partial charge in [0.15, 0.2) is 0 Å². The van der Waals surface area contributed by atoms with E-state index in [1.807, 2.05) is 7.05 Å². The van der Waals surface area contributed by atoms with Gasteiger partial charge in [-0.3, -0.25) is 0 Å². The molecule has 0 saturated carbocycles. The first kappa shape index (κ1) is 13.2. The van der Waals surface area contributed by atoms with Crippen molar-refractivity contribution in [1.82, 2.24) is 9.88 Å². The van der Waals surface area contributed by atoms with Gasteiger partial charge in [-0.05, 0) is 58.4 Å². The third-order valence-corrected chi connectivity index (χ3v) is 3.72. The number of hydrogen-bond donors (Lipinski definition) is 1. The highest BCUT2D eigenvalue weighted by molar-refractivity contribution is 5.87. The average molecular weight is 244 g/mol. The second-order valence-electron chi connectivity index (χ2n) is 5.52. The third kappa shape index (κ3) is 2.30. The number of aromatic nitrogens is 1. The van der Waals surface area contributed by atoms with Crippen molar-refractivity contribution in [3.63, 3.8) is 0 Å². The van der Waals surface area contributed by atoms with E-state index in [1.165, 1.54) is 22.0 Å². The molecule has 1 aromatic carbocycles. The maximum Gasteiger partial charge on any atom is 0.0488 e. The van der Waals surface area contributed by atoms with Crippen LogP contribution in [0.15, 0.2) is 24.4 Å². The van der Waals surface area contributed by atoms with E-state index >= 15 is 0 Å². The SMILES string of the molecule is CNC(C)Cc1cn(C(C)C)c2cccc(C)c12. The third-order valence-electron chi connectivity index (χ3n) is 3.72. The van der Waals surface area contributed by atoms with E-state index in [0.717, 1.165) is 6.42 Å². The Kier molecular flexibility index (Phi) is 3.76. The van der Waals surface area contributed by atoms with Crippen molar-refractivity contribution in [2.24, 2.45) is 0 Å². The Labute approximate surface area is 110 Å². The summed E-state index contributed by atoms with van der Waals surface area (Å²) in [6, 6.07) is 7.61. The Hall–Kier alpha value is -1.28. The van der Waals surface area contributed by atoms with Crippen molar-refractivity contribution in [2.75, 3.05) is 7.05 Å². The molecular weight excluding hydrogens is 220 g/mol. The molecule has 1 heterocycles. The summed E-state index contributed by atoms with van der Waals surface area (Å²) >= 11 is 0. The van der Waals surface area contributed by atoms with E-state index in [9.17, 15) is 0 Å². The van der Waals surface area contributed by atoms with Crippen LogP contribution in [-0.4, -0.2) is 17.7 Å². The van der Waals surface area contributed by atoms with Gasteiger partial charge in [0.05, 0.1) is 0 Å². The van der Waals surface area contributed by atoms with Gasteiger partial charge in [0.25, 0.3) is 0 Å². The monoisotopic (exact) mass is 244 g/mol. The van der Waals surface area contributed by atoms with Gasteiger partial charge in [-0.1, -0.05) is 12.1 Å². The first-order valence-electron chi connectivity index (χ1n) is 6.81. The molecule has 0 bridgehead atoms. The Balaban J connectivity index is 2.58. The Bertz CT molecular complexity index is 537. The van der Waals surface area contributed by atoms with Gasteiger partial charge in [-0.2, -0.15) is 0 Å². The molecule has 98 valence electrons. The van der Waals surface area contributed by atoms with Crippen LogP contribution in [0, 0.1) is 6.92 Å². The number of nitrogens with one attached hydrogen (secondary N) is 1. The zero-order valence-corrected chi connectivity index (χ0v) is 12.1. The summed E-state index contributed by atoms with van der Waals surface area (Å²) in [4.78, 5) is 0. The van der Waals surface area contributed by atoms with Crippen LogP contribution in [0.5, 0.6) is 0 Å². The van der Waals surface area contributed by atoms with Crippen molar-refractivity contribution >= 4 is 10.9 Å². The molecule has 0 aliphatic heterocycles. The lowest BCUT2D eigenvalue weighted by Gasteiger charge is -2.09. The van der Waals surface area contributed by atoms with Gasteiger partial charge in [0.2, 0.25) is 0 Å². The van der Waals surface area contributed by atoms with E-state index in [0.29, 0.717) is 12.1 Å². The van der Waals surface area contributed by atoms with Crippen LogP contribution < -0.4 is 5.32 Å².